The number of nitrogens with one attached hydrogen (secondary N) is 2. The Labute approximate surface area is 179 Å². The second-order valence-corrected chi connectivity index (χ2v) is 8.12. The third-order valence-electron chi connectivity index (χ3n) is 4.91. The van der Waals surface area contributed by atoms with Gasteiger partial charge in [-0.05, 0) is 49.2 Å². The summed E-state index contributed by atoms with van der Waals surface area (Å²) in [5.74, 6) is 0.0453. The number of para-hydroxylation sites is 2. The Balaban J connectivity index is 1.26. The van der Waals surface area contributed by atoms with Crippen LogP contribution in [0.1, 0.15) is 25.7 Å². The van der Waals surface area contributed by atoms with Gasteiger partial charge in [0, 0.05) is 24.5 Å². The number of hydrogen-bond donors (Lipinski definition) is 2. The maximum atomic E-state index is 12.4. The molecule has 2 N–H and O–H groups in total. The van der Waals surface area contributed by atoms with Gasteiger partial charge in [-0.25, -0.2) is 9.78 Å². The minimum Gasteiger partial charge on any atom is -0.431 e. The minimum absolute atomic E-state index is 0.0663. The summed E-state index contributed by atoms with van der Waals surface area (Å²) < 4.78 is 5.61. The monoisotopic (exact) mass is 424 g/mol. The van der Waals surface area contributed by atoms with Crippen LogP contribution in [0.2, 0.25) is 0 Å². The van der Waals surface area contributed by atoms with Gasteiger partial charge < -0.3 is 20.0 Å². The Morgan fingerprint density at radius 3 is 2.30 bits per heavy atom. The zero-order chi connectivity index (χ0) is 20.8. The highest BCUT2D eigenvalue weighted by molar-refractivity contribution is 7.99. The molecule has 1 saturated heterocycles. The van der Waals surface area contributed by atoms with Gasteiger partial charge in [0.15, 0.2) is 5.58 Å². The lowest BCUT2D eigenvalue weighted by atomic mass is 10.2. The minimum atomic E-state index is -0.149. The molecular weight excluding hydrogens is 400 g/mol. The third-order valence-corrected chi connectivity index (χ3v) is 5.74. The van der Waals surface area contributed by atoms with E-state index in [1.807, 2.05) is 29.2 Å². The number of rotatable bonds is 5. The molecule has 0 spiro atoms. The molecule has 0 atom stereocenters. The van der Waals surface area contributed by atoms with Crippen LogP contribution in [0, 0.1) is 0 Å². The van der Waals surface area contributed by atoms with Crippen LogP contribution in [0.25, 0.3) is 11.1 Å². The van der Waals surface area contributed by atoms with E-state index in [4.69, 9.17) is 4.42 Å². The zero-order valence-electron chi connectivity index (χ0n) is 16.6. The van der Waals surface area contributed by atoms with Crippen LogP contribution in [-0.2, 0) is 4.79 Å². The molecule has 0 saturated carbocycles. The first-order valence-corrected chi connectivity index (χ1v) is 11.1. The Morgan fingerprint density at radius 1 is 0.933 bits per heavy atom. The van der Waals surface area contributed by atoms with Gasteiger partial charge in [-0.1, -0.05) is 36.7 Å². The summed E-state index contributed by atoms with van der Waals surface area (Å²) in [5.41, 5.74) is 2.87. The first-order chi connectivity index (χ1) is 14.7. The zero-order valence-corrected chi connectivity index (χ0v) is 17.4. The fourth-order valence-electron chi connectivity index (χ4n) is 3.35. The largest absolute Gasteiger partial charge is 0.431 e. The van der Waals surface area contributed by atoms with Crippen molar-refractivity contribution in [2.24, 2.45) is 0 Å². The number of aromatic nitrogens is 1. The predicted molar refractivity (Wildman–Crippen MR) is 119 cm³/mol. The normalized spacial score (nSPS) is 14.3. The molecule has 2 heterocycles. The van der Waals surface area contributed by atoms with Gasteiger partial charge in [-0.2, -0.15) is 0 Å². The number of amides is 3. The average Bonchev–Trinajstić information content (AvgIpc) is 2.97. The topological polar surface area (TPSA) is 87.5 Å². The van der Waals surface area contributed by atoms with Gasteiger partial charge in [-0.15, -0.1) is 0 Å². The lowest BCUT2D eigenvalue weighted by Gasteiger charge is -2.20. The summed E-state index contributed by atoms with van der Waals surface area (Å²) in [5, 5.41) is 6.24. The van der Waals surface area contributed by atoms with Crippen molar-refractivity contribution in [3.05, 3.63) is 48.5 Å². The van der Waals surface area contributed by atoms with Gasteiger partial charge in [0.2, 0.25) is 5.91 Å². The van der Waals surface area contributed by atoms with E-state index in [-0.39, 0.29) is 17.7 Å². The number of thioether (sulfide) groups is 1. The molecule has 2 aromatic carbocycles. The highest BCUT2D eigenvalue weighted by Crippen LogP contribution is 2.23. The predicted octanol–water partition coefficient (Wildman–Crippen LogP) is 4.97. The Hall–Kier alpha value is -3.00. The molecule has 0 radical (unpaired) electrons. The van der Waals surface area contributed by atoms with E-state index in [0.29, 0.717) is 22.2 Å². The van der Waals surface area contributed by atoms with Gasteiger partial charge in [0.1, 0.15) is 5.52 Å². The van der Waals surface area contributed by atoms with Crippen molar-refractivity contribution in [2.45, 2.75) is 30.9 Å². The van der Waals surface area contributed by atoms with Crippen molar-refractivity contribution in [3.63, 3.8) is 0 Å². The number of carbonyl (C=O) groups is 2. The Bertz CT molecular complexity index is 978. The lowest BCUT2D eigenvalue weighted by Crippen LogP contribution is -2.35. The molecule has 3 aromatic rings. The summed E-state index contributed by atoms with van der Waals surface area (Å²) >= 11 is 1.25. The first kappa shape index (κ1) is 20.3. The van der Waals surface area contributed by atoms with E-state index < -0.39 is 0 Å². The maximum absolute atomic E-state index is 12.4. The van der Waals surface area contributed by atoms with Crippen molar-refractivity contribution in [2.75, 3.05) is 29.5 Å². The van der Waals surface area contributed by atoms with E-state index >= 15 is 0 Å². The number of urea groups is 1. The fraction of sp³-hybridized carbons (Fsp3) is 0.318. The van der Waals surface area contributed by atoms with Crippen LogP contribution in [-0.4, -0.2) is 40.7 Å². The summed E-state index contributed by atoms with van der Waals surface area (Å²) in [6.45, 7) is 1.61. The molecule has 1 aliphatic heterocycles. The molecule has 3 amide bonds. The van der Waals surface area contributed by atoms with Crippen molar-refractivity contribution in [1.29, 1.82) is 0 Å². The quantitative estimate of drug-likeness (QED) is 0.565. The molecule has 0 unspecified atom stereocenters. The van der Waals surface area contributed by atoms with Gasteiger partial charge in [0.05, 0.1) is 5.75 Å². The molecule has 1 aromatic heterocycles. The van der Waals surface area contributed by atoms with Crippen molar-refractivity contribution >= 4 is 46.2 Å². The molecule has 0 aliphatic carbocycles. The Kier molecular flexibility index (Phi) is 6.53. The molecule has 1 fully saturated rings. The fourth-order valence-corrected chi connectivity index (χ4v) is 3.99. The number of anilines is 2. The van der Waals surface area contributed by atoms with Gasteiger partial charge in [-0.3, -0.25) is 4.79 Å². The maximum Gasteiger partial charge on any atom is 0.321 e. The van der Waals surface area contributed by atoms with Crippen LogP contribution in [0.4, 0.5) is 16.2 Å². The molecule has 8 heteroatoms. The van der Waals surface area contributed by atoms with Crippen molar-refractivity contribution in [1.82, 2.24) is 9.88 Å². The highest BCUT2D eigenvalue weighted by atomic mass is 32.2. The number of benzene rings is 2. The Morgan fingerprint density at radius 2 is 1.60 bits per heavy atom. The van der Waals surface area contributed by atoms with Crippen LogP contribution in [0.15, 0.2) is 58.2 Å². The molecule has 1 aliphatic rings. The third kappa shape index (κ3) is 5.33. The number of oxazole rings is 1. The first-order valence-electron chi connectivity index (χ1n) is 10.1. The number of nitrogens with zero attached hydrogens (tertiary/aromatic N) is 2. The van der Waals surface area contributed by atoms with Gasteiger partial charge >= 0.3 is 6.03 Å². The second kappa shape index (κ2) is 9.67. The SMILES string of the molecule is O=C(CSc1nc2ccccc2o1)Nc1ccc(NC(=O)N2CCCCCC2)cc1. The molecule has 4 rings (SSSR count). The van der Waals surface area contributed by atoms with Crippen LogP contribution in [0.5, 0.6) is 0 Å². The summed E-state index contributed by atoms with van der Waals surface area (Å²) in [6.07, 6.45) is 4.48. The van der Waals surface area contributed by atoms with E-state index in [2.05, 4.69) is 15.6 Å². The van der Waals surface area contributed by atoms with Gasteiger partial charge in [0.25, 0.3) is 5.22 Å². The summed E-state index contributed by atoms with van der Waals surface area (Å²) in [6, 6.07) is 14.6. The number of carbonyl (C=O) groups excluding carboxylic acids is 2. The van der Waals surface area contributed by atoms with E-state index in [1.54, 1.807) is 24.3 Å². The van der Waals surface area contributed by atoms with E-state index in [1.165, 1.54) is 24.6 Å². The number of fused-ring (bicyclic) bond motifs is 1. The van der Waals surface area contributed by atoms with Crippen molar-refractivity contribution < 1.29 is 14.0 Å². The number of likely N-dealkylation sites (tertiary alicyclic amines) is 1. The molecule has 7 nitrogen and oxygen atoms in total. The molecule has 156 valence electrons. The second-order valence-electron chi connectivity index (χ2n) is 7.19. The number of hydrogen-bond acceptors (Lipinski definition) is 5. The smallest absolute Gasteiger partial charge is 0.321 e. The standard InChI is InChI=1S/C22H24N4O3S/c27-20(15-30-22-25-18-7-3-4-8-19(18)29-22)23-16-9-11-17(12-10-16)24-21(28)26-13-5-1-2-6-14-26/h3-4,7-12H,1-2,5-6,13-15H2,(H,23,27)(H,24,28). The average molecular weight is 425 g/mol. The summed E-state index contributed by atoms with van der Waals surface area (Å²) in [4.78, 5) is 30.8. The lowest BCUT2D eigenvalue weighted by molar-refractivity contribution is -0.113. The van der Waals surface area contributed by atoms with Crippen molar-refractivity contribution in [3.8, 4) is 0 Å². The molecule has 30 heavy (non-hydrogen) atoms. The van der Waals surface area contributed by atoms with Crippen LogP contribution >= 0.6 is 11.8 Å². The molecule has 0 bridgehead atoms. The van der Waals surface area contributed by atoms with Crippen LogP contribution < -0.4 is 10.6 Å². The van der Waals surface area contributed by atoms with E-state index in [0.717, 1.165) is 31.4 Å². The summed E-state index contributed by atoms with van der Waals surface area (Å²) in [7, 11) is 0. The van der Waals surface area contributed by atoms with Crippen LogP contribution in [0.3, 0.4) is 0 Å². The van der Waals surface area contributed by atoms with E-state index in [9.17, 15) is 9.59 Å². The molecular formula is C22H24N4O3S. The highest BCUT2D eigenvalue weighted by Gasteiger charge is 2.15.